The highest BCUT2D eigenvalue weighted by atomic mass is 16.6. The van der Waals surface area contributed by atoms with Crippen molar-refractivity contribution in [2.75, 3.05) is 13.2 Å². The van der Waals surface area contributed by atoms with E-state index in [1.165, 1.54) is 89.9 Å². The zero-order valence-electron chi connectivity index (χ0n) is 41.1. The fourth-order valence-corrected chi connectivity index (χ4v) is 6.97. The van der Waals surface area contributed by atoms with Crippen LogP contribution in [0.5, 0.6) is 0 Å². The molecule has 6 nitrogen and oxygen atoms in total. The smallest absolute Gasteiger partial charge is 0.306 e. The van der Waals surface area contributed by atoms with Crippen molar-refractivity contribution in [2.45, 2.75) is 245 Å². The first kappa shape index (κ1) is 59.6. The van der Waals surface area contributed by atoms with E-state index in [-0.39, 0.29) is 31.1 Å². The molecule has 0 aromatic rings. The zero-order valence-corrected chi connectivity index (χ0v) is 41.1. The number of rotatable bonds is 46. The first-order chi connectivity index (χ1) is 31.0. The summed E-state index contributed by atoms with van der Waals surface area (Å²) in [5.74, 6) is -0.961. The minimum atomic E-state index is -0.803. The zero-order chi connectivity index (χ0) is 45.8. The summed E-state index contributed by atoms with van der Waals surface area (Å²) >= 11 is 0. The summed E-state index contributed by atoms with van der Waals surface area (Å²) in [5.41, 5.74) is 0. The third kappa shape index (κ3) is 49.5. The number of ether oxygens (including phenoxy) is 3. The van der Waals surface area contributed by atoms with Gasteiger partial charge in [0.25, 0.3) is 0 Å². The summed E-state index contributed by atoms with van der Waals surface area (Å²) in [7, 11) is 0. The van der Waals surface area contributed by atoms with Crippen LogP contribution in [0.15, 0.2) is 85.1 Å². The summed E-state index contributed by atoms with van der Waals surface area (Å²) in [5, 5.41) is 0. The Hall–Kier alpha value is -3.41. The molecule has 0 aromatic heterocycles. The van der Waals surface area contributed by atoms with Crippen molar-refractivity contribution < 1.29 is 28.6 Å². The molecule has 0 fully saturated rings. The molecule has 0 spiro atoms. The van der Waals surface area contributed by atoms with Crippen LogP contribution in [0.4, 0.5) is 0 Å². The van der Waals surface area contributed by atoms with Crippen molar-refractivity contribution in [3.05, 3.63) is 85.1 Å². The van der Waals surface area contributed by atoms with Gasteiger partial charge in [0.05, 0.1) is 0 Å². The molecule has 360 valence electrons. The summed E-state index contributed by atoms with van der Waals surface area (Å²) < 4.78 is 16.8. The molecule has 0 aliphatic heterocycles. The SMILES string of the molecule is CC/C=C\C/C=C\C/C=C\C/C=C\CCCCCCC(=O)O[C@H](COC(=O)CCCC/C=C\C/C=C\C/C=C\CCCCC)COC(=O)CCCCCCCCCCCCCCC. The number of allylic oxidation sites excluding steroid dienone is 14. The largest absolute Gasteiger partial charge is 0.462 e. The molecule has 0 radical (unpaired) electrons. The van der Waals surface area contributed by atoms with Crippen LogP contribution < -0.4 is 0 Å². The molecular weight excluding hydrogens is 781 g/mol. The Balaban J connectivity index is 4.49. The predicted molar refractivity (Wildman–Crippen MR) is 270 cm³/mol. The van der Waals surface area contributed by atoms with Crippen LogP contribution >= 0.6 is 0 Å². The van der Waals surface area contributed by atoms with Crippen LogP contribution in [0.3, 0.4) is 0 Å². The molecule has 0 amide bonds. The second kappa shape index (κ2) is 51.2. The highest BCUT2D eigenvalue weighted by Gasteiger charge is 2.19. The van der Waals surface area contributed by atoms with Crippen molar-refractivity contribution in [3.63, 3.8) is 0 Å². The van der Waals surface area contributed by atoms with E-state index < -0.39 is 6.10 Å². The topological polar surface area (TPSA) is 78.9 Å². The third-order valence-electron chi connectivity index (χ3n) is 10.9. The number of carbonyl (C=O) groups excluding carboxylic acids is 3. The van der Waals surface area contributed by atoms with Gasteiger partial charge in [0.1, 0.15) is 13.2 Å². The van der Waals surface area contributed by atoms with E-state index in [0.717, 1.165) is 109 Å². The van der Waals surface area contributed by atoms with Crippen molar-refractivity contribution in [1.29, 1.82) is 0 Å². The van der Waals surface area contributed by atoms with Gasteiger partial charge in [-0.05, 0) is 96.3 Å². The summed E-state index contributed by atoms with van der Waals surface area (Å²) in [6.07, 6.45) is 65.6. The standard InChI is InChI=1S/C57H96O6/c1-4-7-10-13-16-19-22-25-27-28-30-33-36-39-42-45-48-51-57(60)63-54(52-61-55(58)49-46-43-40-37-34-31-24-21-18-15-12-9-6-3)53-62-56(59)50-47-44-41-38-35-32-29-26-23-20-17-14-11-8-5-2/h7,10,16-17,19-20,25-27,29-30,33,35,38,54H,4-6,8-9,11-15,18,21-24,28,31-32,34,36-37,39-53H2,1-3H3/b10-7-,19-16-,20-17-,27-25-,29-26-,33-30-,38-35-/t54-/m0/s1. The Labute approximate surface area is 388 Å². The first-order valence-corrected chi connectivity index (χ1v) is 26.1. The number of unbranched alkanes of at least 4 members (excludes halogenated alkanes) is 21. The molecule has 0 bridgehead atoms. The average Bonchev–Trinajstić information content (AvgIpc) is 3.28. The molecule has 0 N–H and O–H groups in total. The Bertz CT molecular complexity index is 1240. The maximum atomic E-state index is 12.8. The fourth-order valence-electron chi connectivity index (χ4n) is 6.97. The van der Waals surface area contributed by atoms with Crippen molar-refractivity contribution in [1.82, 2.24) is 0 Å². The maximum absolute atomic E-state index is 12.8. The van der Waals surface area contributed by atoms with Gasteiger partial charge in [0.15, 0.2) is 6.10 Å². The van der Waals surface area contributed by atoms with Gasteiger partial charge in [0, 0.05) is 19.3 Å². The van der Waals surface area contributed by atoms with E-state index in [1.807, 2.05) is 0 Å². The molecule has 0 aliphatic rings. The predicted octanol–water partition coefficient (Wildman–Crippen LogP) is 17.2. The van der Waals surface area contributed by atoms with Gasteiger partial charge in [-0.1, -0.05) is 209 Å². The quantitative estimate of drug-likeness (QED) is 0.0262. The van der Waals surface area contributed by atoms with Crippen molar-refractivity contribution >= 4 is 17.9 Å². The molecule has 63 heavy (non-hydrogen) atoms. The summed E-state index contributed by atoms with van der Waals surface area (Å²) in [4.78, 5) is 38.0. The minimum Gasteiger partial charge on any atom is -0.462 e. The first-order valence-electron chi connectivity index (χ1n) is 26.1. The van der Waals surface area contributed by atoms with E-state index in [4.69, 9.17) is 14.2 Å². The molecule has 0 saturated heterocycles. The second-order valence-electron chi connectivity index (χ2n) is 17.1. The molecule has 0 aromatic carbocycles. The Morgan fingerprint density at radius 1 is 0.333 bits per heavy atom. The van der Waals surface area contributed by atoms with E-state index in [1.54, 1.807) is 0 Å². The molecular formula is C57H96O6. The van der Waals surface area contributed by atoms with E-state index in [9.17, 15) is 14.4 Å². The van der Waals surface area contributed by atoms with Crippen molar-refractivity contribution in [3.8, 4) is 0 Å². The highest BCUT2D eigenvalue weighted by Crippen LogP contribution is 2.14. The Kier molecular flexibility index (Phi) is 48.5. The van der Waals surface area contributed by atoms with Gasteiger partial charge in [-0.25, -0.2) is 0 Å². The molecule has 0 rings (SSSR count). The molecule has 1 atom stereocenters. The minimum absolute atomic E-state index is 0.0976. The van der Waals surface area contributed by atoms with Crippen LogP contribution in [0, 0.1) is 0 Å². The molecule has 0 unspecified atom stereocenters. The highest BCUT2D eigenvalue weighted by molar-refractivity contribution is 5.71. The van der Waals surface area contributed by atoms with Crippen molar-refractivity contribution in [2.24, 2.45) is 0 Å². The monoisotopic (exact) mass is 877 g/mol. The third-order valence-corrected chi connectivity index (χ3v) is 10.9. The normalized spacial score (nSPS) is 12.7. The number of hydrogen-bond donors (Lipinski definition) is 0. The van der Waals surface area contributed by atoms with E-state index in [0.29, 0.717) is 19.3 Å². The molecule has 0 aliphatic carbocycles. The van der Waals surface area contributed by atoms with Crippen LogP contribution in [-0.2, 0) is 28.6 Å². The Morgan fingerprint density at radius 3 is 1.03 bits per heavy atom. The average molecular weight is 877 g/mol. The molecule has 6 heteroatoms. The molecule has 0 saturated carbocycles. The van der Waals surface area contributed by atoms with Crippen LogP contribution in [0.1, 0.15) is 239 Å². The van der Waals surface area contributed by atoms with E-state index in [2.05, 4.69) is 106 Å². The number of carbonyl (C=O) groups is 3. The van der Waals surface area contributed by atoms with Gasteiger partial charge in [-0.2, -0.15) is 0 Å². The van der Waals surface area contributed by atoms with Gasteiger partial charge >= 0.3 is 17.9 Å². The number of esters is 3. The summed E-state index contributed by atoms with van der Waals surface area (Å²) in [6.45, 7) is 6.44. The lowest BCUT2D eigenvalue weighted by atomic mass is 10.0. The lowest BCUT2D eigenvalue weighted by Gasteiger charge is -2.18. The van der Waals surface area contributed by atoms with Crippen LogP contribution in [-0.4, -0.2) is 37.2 Å². The van der Waals surface area contributed by atoms with Gasteiger partial charge in [-0.3, -0.25) is 14.4 Å². The number of hydrogen-bond acceptors (Lipinski definition) is 6. The summed E-state index contributed by atoms with van der Waals surface area (Å²) in [6, 6.07) is 0. The molecule has 0 heterocycles. The maximum Gasteiger partial charge on any atom is 0.306 e. The lowest BCUT2D eigenvalue weighted by Crippen LogP contribution is -2.30. The fraction of sp³-hybridized carbons (Fsp3) is 0.702. The van der Waals surface area contributed by atoms with Gasteiger partial charge in [-0.15, -0.1) is 0 Å². The van der Waals surface area contributed by atoms with Gasteiger partial charge < -0.3 is 14.2 Å². The van der Waals surface area contributed by atoms with Crippen LogP contribution in [0.25, 0.3) is 0 Å². The lowest BCUT2D eigenvalue weighted by molar-refractivity contribution is -0.167. The van der Waals surface area contributed by atoms with E-state index >= 15 is 0 Å². The van der Waals surface area contributed by atoms with Crippen LogP contribution in [0.2, 0.25) is 0 Å². The van der Waals surface area contributed by atoms with Gasteiger partial charge in [0.2, 0.25) is 0 Å². The Morgan fingerprint density at radius 2 is 0.619 bits per heavy atom. The second-order valence-corrected chi connectivity index (χ2v) is 17.1.